The minimum atomic E-state index is 0.538. The van der Waals surface area contributed by atoms with E-state index in [1.807, 2.05) is 37.2 Å². The van der Waals surface area contributed by atoms with Gasteiger partial charge in [-0.05, 0) is 58.0 Å². The summed E-state index contributed by atoms with van der Waals surface area (Å²) in [6, 6.07) is 8.38. The number of aryl methyl sites for hydroxylation is 4. The Bertz CT molecular complexity index is 998. The van der Waals surface area contributed by atoms with Crippen molar-refractivity contribution in [2.45, 2.75) is 41.2 Å². The van der Waals surface area contributed by atoms with Gasteiger partial charge in [-0.15, -0.1) is 0 Å². The summed E-state index contributed by atoms with van der Waals surface area (Å²) >= 11 is 5.53. The minimum absolute atomic E-state index is 0.538. The molecule has 7 heteroatoms. The molecule has 0 amide bonds. The van der Waals surface area contributed by atoms with Crippen molar-refractivity contribution >= 4 is 28.7 Å². The Morgan fingerprint density at radius 2 is 1.52 bits per heavy atom. The summed E-state index contributed by atoms with van der Waals surface area (Å²) in [5.74, 6) is 0. The number of aromatic nitrogens is 4. The van der Waals surface area contributed by atoms with E-state index in [4.69, 9.17) is 17.3 Å². The van der Waals surface area contributed by atoms with Gasteiger partial charge in [-0.2, -0.15) is 10.2 Å². The molecule has 0 fully saturated rings. The van der Waals surface area contributed by atoms with Crippen LogP contribution < -0.4 is 10.6 Å². The Hall–Kier alpha value is -2.67. The molecule has 0 bridgehead atoms. The lowest BCUT2D eigenvalue weighted by Gasteiger charge is -2.12. The van der Waals surface area contributed by atoms with Crippen LogP contribution in [0.4, 0.5) is 11.4 Å². The number of hydrogen-bond acceptors (Lipinski definition) is 3. The van der Waals surface area contributed by atoms with Crippen molar-refractivity contribution in [1.29, 1.82) is 0 Å². The monoisotopic (exact) mass is 382 g/mol. The molecule has 27 heavy (non-hydrogen) atoms. The van der Waals surface area contributed by atoms with Gasteiger partial charge in [0.25, 0.3) is 0 Å². The lowest BCUT2D eigenvalue weighted by molar-refractivity contribution is 0.657. The van der Waals surface area contributed by atoms with E-state index in [1.54, 1.807) is 0 Å². The zero-order valence-electron chi connectivity index (χ0n) is 16.7. The SMILES string of the molecule is Cc1ccccc1Cn1nc(C)c(NC(=S)Nc2c(C)nn(C)c2C)c1C. The second kappa shape index (κ2) is 7.52. The van der Waals surface area contributed by atoms with Gasteiger partial charge in [-0.3, -0.25) is 9.36 Å². The van der Waals surface area contributed by atoms with Crippen LogP contribution in [0.15, 0.2) is 24.3 Å². The fourth-order valence-electron chi connectivity index (χ4n) is 3.19. The Morgan fingerprint density at radius 1 is 0.926 bits per heavy atom. The zero-order valence-corrected chi connectivity index (χ0v) is 17.5. The molecular weight excluding hydrogens is 356 g/mol. The van der Waals surface area contributed by atoms with Crippen LogP contribution in [-0.4, -0.2) is 24.7 Å². The molecule has 6 nitrogen and oxygen atoms in total. The number of nitrogens with one attached hydrogen (secondary N) is 2. The molecule has 0 spiro atoms. The molecule has 0 atom stereocenters. The predicted molar refractivity (Wildman–Crippen MR) is 115 cm³/mol. The second-order valence-corrected chi connectivity index (χ2v) is 7.29. The molecule has 3 aromatic rings. The molecular formula is C20H26N6S. The van der Waals surface area contributed by atoms with Gasteiger partial charge in [0, 0.05) is 7.05 Å². The molecule has 142 valence electrons. The van der Waals surface area contributed by atoms with Crippen molar-refractivity contribution in [2.24, 2.45) is 7.05 Å². The summed E-state index contributed by atoms with van der Waals surface area (Å²) in [6.07, 6.45) is 0. The first-order valence-corrected chi connectivity index (χ1v) is 9.35. The number of nitrogens with zero attached hydrogens (tertiary/aromatic N) is 4. The molecule has 0 aliphatic heterocycles. The zero-order chi connectivity index (χ0) is 19.7. The van der Waals surface area contributed by atoms with E-state index in [9.17, 15) is 0 Å². The van der Waals surface area contributed by atoms with E-state index < -0.39 is 0 Å². The highest BCUT2D eigenvalue weighted by Crippen LogP contribution is 2.23. The largest absolute Gasteiger partial charge is 0.329 e. The van der Waals surface area contributed by atoms with Gasteiger partial charge >= 0.3 is 0 Å². The molecule has 0 radical (unpaired) electrons. The van der Waals surface area contributed by atoms with Crippen LogP contribution in [0.1, 0.15) is 33.9 Å². The maximum atomic E-state index is 5.53. The van der Waals surface area contributed by atoms with Gasteiger partial charge in [0.15, 0.2) is 5.11 Å². The molecule has 2 N–H and O–H groups in total. The van der Waals surface area contributed by atoms with Crippen molar-refractivity contribution in [3.8, 4) is 0 Å². The standard InChI is InChI=1S/C20H26N6S/c1-12-9-7-8-10-17(12)11-26-16(5)19(14(3)24-26)22-20(27)21-18-13(2)23-25(6)15(18)4/h7-10H,11H2,1-6H3,(H2,21,22,27). The fourth-order valence-corrected chi connectivity index (χ4v) is 3.40. The number of anilines is 2. The first-order chi connectivity index (χ1) is 12.8. The molecule has 1 aromatic carbocycles. The molecule has 0 saturated heterocycles. The van der Waals surface area contributed by atoms with E-state index in [0.29, 0.717) is 5.11 Å². The maximum absolute atomic E-state index is 5.53. The van der Waals surface area contributed by atoms with E-state index in [0.717, 1.165) is 40.7 Å². The first kappa shape index (κ1) is 19.1. The predicted octanol–water partition coefficient (Wildman–Crippen LogP) is 4.02. The van der Waals surface area contributed by atoms with E-state index >= 15 is 0 Å². The van der Waals surface area contributed by atoms with Crippen LogP contribution in [0.2, 0.25) is 0 Å². The Labute approximate surface area is 165 Å². The van der Waals surface area contributed by atoms with E-state index in [-0.39, 0.29) is 0 Å². The molecule has 0 unspecified atom stereocenters. The van der Waals surface area contributed by atoms with Crippen LogP contribution >= 0.6 is 12.2 Å². The van der Waals surface area contributed by atoms with Crippen molar-refractivity contribution in [1.82, 2.24) is 19.6 Å². The number of thiocarbonyl (C=S) groups is 1. The molecule has 0 aliphatic rings. The van der Waals surface area contributed by atoms with Crippen molar-refractivity contribution in [2.75, 3.05) is 10.6 Å². The number of hydrogen-bond donors (Lipinski definition) is 2. The first-order valence-electron chi connectivity index (χ1n) is 8.94. The lowest BCUT2D eigenvalue weighted by Crippen LogP contribution is -2.20. The van der Waals surface area contributed by atoms with Crippen molar-refractivity contribution in [3.63, 3.8) is 0 Å². The smallest absolute Gasteiger partial charge is 0.175 e. The van der Waals surface area contributed by atoms with Gasteiger partial charge in [0.1, 0.15) is 0 Å². The van der Waals surface area contributed by atoms with Crippen LogP contribution in [0, 0.1) is 34.6 Å². The summed E-state index contributed by atoms with van der Waals surface area (Å²) in [7, 11) is 1.92. The molecule has 2 heterocycles. The third-order valence-electron chi connectivity index (χ3n) is 4.95. The van der Waals surface area contributed by atoms with Gasteiger partial charge in [0.2, 0.25) is 0 Å². The van der Waals surface area contributed by atoms with Gasteiger partial charge in [0.05, 0.1) is 40.7 Å². The highest BCUT2D eigenvalue weighted by Gasteiger charge is 2.15. The van der Waals surface area contributed by atoms with Gasteiger partial charge in [-0.25, -0.2) is 0 Å². The topological polar surface area (TPSA) is 59.7 Å². The van der Waals surface area contributed by atoms with E-state index in [2.05, 4.69) is 53.8 Å². The Balaban J connectivity index is 1.78. The number of benzene rings is 1. The van der Waals surface area contributed by atoms with Crippen molar-refractivity contribution < 1.29 is 0 Å². The van der Waals surface area contributed by atoms with E-state index in [1.165, 1.54) is 11.1 Å². The van der Waals surface area contributed by atoms with Crippen LogP contribution in [0.25, 0.3) is 0 Å². The maximum Gasteiger partial charge on any atom is 0.175 e. The summed E-state index contributed by atoms with van der Waals surface area (Å²) in [6.45, 7) is 10.9. The average Bonchev–Trinajstić information content (AvgIpc) is 3.01. The van der Waals surface area contributed by atoms with Crippen molar-refractivity contribution in [3.05, 3.63) is 58.2 Å². The normalized spacial score (nSPS) is 10.9. The third-order valence-corrected chi connectivity index (χ3v) is 5.15. The number of rotatable bonds is 4. The van der Waals surface area contributed by atoms with Crippen LogP contribution in [0.5, 0.6) is 0 Å². The van der Waals surface area contributed by atoms with Gasteiger partial charge in [-0.1, -0.05) is 24.3 Å². The summed E-state index contributed by atoms with van der Waals surface area (Å²) in [5.41, 5.74) is 8.35. The second-order valence-electron chi connectivity index (χ2n) is 6.88. The van der Waals surface area contributed by atoms with Crippen LogP contribution in [0.3, 0.4) is 0 Å². The third kappa shape index (κ3) is 3.88. The Kier molecular flexibility index (Phi) is 5.32. The molecule has 0 saturated carbocycles. The summed E-state index contributed by atoms with van der Waals surface area (Å²) < 4.78 is 3.86. The van der Waals surface area contributed by atoms with Crippen LogP contribution in [-0.2, 0) is 13.6 Å². The summed E-state index contributed by atoms with van der Waals surface area (Å²) in [4.78, 5) is 0. The Morgan fingerprint density at radius 3 is 2.11 bits per heavy atom. The van der Waals surface area contributed by atoms with Gasteiger partial charge < -0.3 is 10.6 Å². The quantitative estimate of drug-likeness (QED) is 0.668. The minimum Gasteiger partial charge on any atom is -0.329 e. The molecule has 3 rings (SSSR count). The molecule has 0 aliphatic carbocycles. The average molecular weight is 383 g/mol. The molecule has 2 aromatic heterocycles. The lowest BCUT2D eigenvalue weighted by atomic mass is 10.1. The highest BCUT2D eigenvalue weighted by molar-refractivity contribution is 7.80. The highest BCUT2D eigenvalue weighted by atomic mass is 32.1. The fraction of sp³-hybridized carbons (Fsp3) is 0.350. The summed E-state index contributed by atoms with van der Waals surface area (Å²) in [5, 5.41) is 16.2.